The summed E-state index contributed by atoms with van der Waals surface area (Å²) in [5, 5.41) is 0.353. The van der Waals surface area contributed by atoms with Crippen LogP contribution in [0, 0.1) is 0 Å². The van der Waals surface area contributed by atoms with Crippen molar-refractivity contribution in [2.24, 2.45) is 0 Å². The maximum atomic E-state index is 13.4. The number of benzene rings is 1. The summed E-state index contributed by atoms with van der Waals surface area (Å²) < 4.78 is 18.0. The van der Waals surface area contributed by atoms with Crippen LogP contribution in [0.2, 0.25) is 5.15 Å². The number of nitrogens with zero attached hydrogens (tertiary/aromatic N) is 2. The Balaban J connectivity index is 1.55. The molecule has 2 atom stereocenters. The highest BCUT2D eigenvalue weighted by Crippen LogP contribution is 2.37. The summed E-state index contributed by atoms with van der Waals surface area (Å²) in [6.07, 6.45) is 3.63. The molecule has 1 fully saturated rings. The Hall–Kier alpha value is -2.17. The number of aromatic nitrogens is 1. The first-order valence-electron chi connectivity index (χ1n) is 11.6. The van der Waals surface area contributed by atoms with Crippen molar-refractivity contribution in [1.29, 1.82) is 0 Å². The van der Waals surface area contributed by atoms with Crippen LogP contribution in [0.5, 0.6) is 5.75 Å². The van der Waals surface area contributed by atoms with Crippen LogP contribution < -0.4 is 4.74 Å². The Morgan fingerprint density at radius 1 is 1.26 bits per heavy atom. The van der Waals surface area contributed by atoms with Crippen molar-refractivity contribution in [2.45, 2.75) is 44.8 Å². The summed E-state index contributed by atoms with van der Waals surface area (Å²) in [6.45, 7) is 3.70. The first-order chi connectivity index (χ1) is 17.0. The molecule has 2 aliphatic rings. The van der Waals surface area contributed by atoms with Gasteiger partial charge in [-0.25, -0.2) is 9.78 Å². The molecule has 1 aromatic heterocycles. The zero-order valence-corrected chi connectivity index (χ0v) is 22.5. The summed E-state index contributed by atoms with van der Waals surface area (Å²) in [5.74, 6) is -0.167. The van der Waals surface area contributed by atoms with Gasteiger partial charge in [0.2, 0.25) is 5.91 Å². The monoisotopic (exact) mass is 610 g/mol. The number of carbonyl (C=O) groups is 2. The fourth-order valence-corrected chi connectivity index (χ4v) is 4.77. The molecule has 7 nitrogen and oxygen atoms in total. The molecule has 3 heterocycles. The summed E-state index contributed by atoms with van der Waals surface area (Å²) >= 11 is 8.23. The lowest BCUT2D eigenvalue weighted by molar-refractivity contribution is -0.141. The highest BCUT2D eigenvalue weighted by Gasteiger charge is 2.38. The van der Waals surface area contributed by atoms with Crippen molar-refractivity contribution in [3.63, 3.8) is 0 Å². The van der Waals surface area contributed by atoms with E-state index in [0.717, 1.165) is 34.1 Å². The number of rotatable bonds is 9. The molecule has 0 radical (unpaired) electrons. The zero-order valence-electron chi connectivity index (χ0n) is 19.5. The SMILES string of the molecule is CC1=C(C(=O)OCc2ccc(OCCI)cc2)[C@H](c2ccc(Cl)nc2)CC(=O)N1C[C@H]1CCCO1. The molecule has 0 bridgehead atoms. The van der Waals surface area contributed by atoms with Crippen molar-refractivity contribution in [1.82, 2.24) is 9.88 Å². The van der Waals surface area contributed by atoms with E-state index in [-0.39, 0.29) is 25.0 Å². The lowest BCUT2D eigenvalue weighted by atomic mass is 9.84. The normalized spacial score (nSPS) is 20.3. The number of hydrogen-bond donors (Lipinski definition) is 0. The van der Waals surface area contributed by atoms with Gasteiger partial charge < -0.3 is 19.1 Å². The average molecular weight is 611 g/mol. The Bertz CT molecular complexity index is 1070. The molecular weight excluding hydrogens is 583 g/mol. The lowest BCUT2D eigenvalue weighted by Gasteiger charge is -2.35. The number of esters is 1. The minimum absolute atomic E-state index is 0.0205. The Labute approximate surface area is 223 Å². The van der Waals surface area contributed by atoms with Crippen molar-refractivity contribution in [2.75, 3.05) is 24.2 Å². The van der Waals surface area contributed by atoms with Crippen LogP contribution in [-0.2, 0) is 25.7 Å². The third-order valence-corrected chi connectivity index (χ3v) is 6.91. The minimum Gasteiger partial charge on any atom is -0.493 e. The average Bonchev–Trinajstić information content (AvgIpc) is 3.38. The van der Waals surface area contributed by atoms with Gasteiger partial charge in [-0.2, -0.15) is 0 Å². The van der Waals surface area contributed by atoms with Gasteiger partial charge in [-0.05, 0) is 49.1 Å². The van der Waals surface area contributed by atoms with E-state index in [1.54, 1.807) is 30.2 Å². The van der Waals surface area contributed by atoms with Gasteiger partial charge in [-0.1, -0.05) is 52.4 Å². The molecule has 4 rings (SSSR count). The minimum atomic E-state index is -0.454. The summed E-state index contributed by atoms with van der Waals surface area (Å²) in [4.78, 5) is 32.4. The van der Waals surface area contributed by atoms with E-state index >= 15 is 0 Å². The second-order valence-electron chi connectivity index (χ2n) is 8.57. The third kappa shape index (κ3) is 6.54. The van der Waals surface area contributed by atoms with Crippen molar-refractivity contribution in [3.8, 4) is 5.75 Å². The number of halogens is 2. The molecule has 2 aromatic rings. The van der Waals surface area contributed by atoms with Crippen LogP contribution in [0.3, 0.4) is 0 Å². The molecule has 9 heteroatoms. The van der Waals surface area contributed by atoms with E-state index in [0.29, 0.717) is 36.2 Å². The molecule has 0 saturated carbocycles. The molecule has 0 spiro atoms. The molecule has 186 valence electrons. The van der Waals surface area contributed by atoms with Crippen LogP contribution in [0.1, 0.15) is 43.2 Å². The first-order valence-corrected chi connectivity index (χ1v) is 13.6. The smallest absolute Gasteiger partial charge is 0.336 e. The molecule has 0 unspecified atom stereocenters. The quantitative estimate of drug-likeness (QED) is 0.171. The molecule has 0 N–H and O–H groups in total. The number of allylic oxidation sites excluding steroid dienone is 1. The largest absolute Gasteiger partial charge is 0.493 e. The maximum absolute atomic E-state index is 13.4. The first kappa shape index (κ1) is 25.9. The molecule has 1 saturated heterocycles. The van der Waals surface area contributed by atoms with Crippen LogP contribution in [0.15, 0.2) is 53.9 Å². The van der Waals surface area contributed by atoms with E-state index in [1.807, 2.05) is 24.3 Å². The summed E-state index contributed by atoms with van der Waals surface area (Å²) in [6, 6.07) is 11.0. The highest BCUT2D eigenvalue weighted by molar-refractivity contribution is 14.1. The van der Waals surface area contributed by atoms with Gasteiger partial charge in [0.1, 0.15) is 17.5 Å². The lowest BCUT2D eigenvalue weighted by Crippen LogP contribution is -2.42. The maximum Gasteiger partial charge on any atom is 0.336 e. The zero-order chi connectivity index (χ0) is 24.8. The van der Waals surface area contributed by atoms with Gasteiger partial charge in [0.15, 0.2) is 0 Å². The Morgan fingerprint density at radius 2 is 2.06 bits per heavy atom. The molecule has 0 aliphatic carbocycles. The third-order valence-electron chi connectivity index (χ3n) is 6.24. The molecular formula is C26H28ClIN2O5. The number of hydrogen-bond acceptors (Lipinski definition) is 6. The standard InChI is InChI=1S/C26H28ClIN2O5/c1-17-25(26(32)35-16-18-4-7-20(8-5-18)34-12-10-28)22(19-6-9-23(27)29-14-19)13-24(31)30(17)15-21-3-2-11-33-21/h4-9,14,21-22H,2-3,10-13,15-16H2,1H3/t21-,22+/m1/s1. The number of pyridine rings is 1. The molecule has 1 aromatic carbocycles. The van der Waals surface area contributed by atoms with Gasteiger partial charge in [-0.3, -0.25) is 4.79 Å². The second kappa shape index (κ2) is 12.2. The van der Waals surface area contributed by atoms with Crippen LogP contribution in [-0.4, -0.2) is 52.1 Å². The Morgan fingerprint density at radius 3 is 2.71 bits per heavy atom. The van der Waals surface area contributed by atoms with Crippen LogP contribution in [0.4, 0.5) is 0 Å². The van der Waals surface area contributed by atoms with Crippen molar-refractivity contribution < 1.29 is 23.8 Å². The van der Waals surface area contributed by atoms with Crippen LogP contribution >= 0.6 is 34.2 Å². The number of alkyl halides is 1. The van der Waals surface area contributed by atoms with Gasteiger partial charge >= 0.3 is 5.97 Å². The van der Waals surface area contributed by atoms with E-state index in [9.17, 15) is 9.59 Å². The van der Waals surface area contributed by atoms with E-state index in [2.05, 4.69) is 27.6 Å². The van der Waals surface area contributed by atoms with Crippen LogP contribution in [0.25, 0.3) is 0 Å². The number of ether oxygens (including phenoxy) is 3. The fourth-order valence-electron chi connectivity index (χ4n) is 4.44. The molecule has 1 amide bonds. The van der Waals surface area contributed by atoms with Gasteiger partial charge in [0.05, 0.1) is 24.8 Å². The Kier molecular flexibility index (Phi) is 9.02. The topological polar surface area (TPSA) is 78.0 Å². The molecule has 2 aliphatic heterocycles. The van der Waals surface area contributed by atoms with Gasteiger partial charge in [0.25, 0.3) is 0 Å². The van der Waals surface area contributed by atoms with Gasteiger partial charge in [0, 0.05) is 35.3 Å². The summed E-state index contributed by atoms with van der Waals surface area (Å²) in [5.41, 5.74) is 2.67. The predicted octanol–water partition coefficient (Wildman–Crippen LogP) is 5.06. The van der Waals surface area contributed by atoms with Crippen molar-refractivity contribution in [3.05, 3.63) is 70.1 Å². The predicted molar refractivity (Wildman–Crippen MR) is 141 cm³/mol. The molecule has 35 heavy (non-hydrogen) atoms. The summed E-state index contributed by atoms with van der Waals surface area (Å²) in [7, 11) is 0. The second-order valence-corrected chi connectivity index (χ2v) is 10.0. The van der Waals surface area contributed by atoms with Gasteiger partial charge in [-0.15, -0.1) is 0 Å². The fraction of sp³-hybridized carbons (Fsp3) is 0.423. The van der Waals surface area contributed by atoms with Crippen molar-refractivity contribution >= 4 is 46.1 Å². The number of carbonyl (C=O) groups excluding carboxylic acids is 2. The van der Waals surface area contributed by atoms with E-state index < -0.39 is 11.9 Å². The number of amides is 1. The van der Waals surface area contributed by atoms with E-state index in [4.69, 9.17) is 25.8 Å². The van der Waals surface area contributed by atoms with E-state index in [1.165, 1.54) is 0 Å². The highest BCUT2D eigenvalue weighted by atomic mass is 127.